The highest BCUT2D eigenvalue weighted by molar-refractivity contribution is 6.35. The van der Waals surface area contributed by atoms with Gasteiger partial charge in [-0.2, -0.15) is 0 Å². The molecule has 1 aromatic heterocycles. The lowest BCUT2D eigenvalue weighted by Crippen LogP contribution is -2.04. The summed E-state index contributed by atoms with van der Waals surface area (Å²) >= 11 is 12.0. The van der Waals surface area contributed by atoms with Crippen molar-refractivity contribution in [2.75, 3.05) is 0 Å². The van der Waals surface area contributed by atoms with Crippen LogP contribution in [0, 0.1) is 0 Å². The van der Waals surface area contributed by atoms with Crippen molar-refractivity contribution in [3.05, 3.63) is 74.4 Å². The lowest BCUT2D eigenvalue weighted by molar-refractivity contribution is 0.304. The molecule has 0 saturated heterocycles. The first kappa shape index (κ1) is 20.7. The Balaban J connectivity index is 1.77. The molecule has 9 heteroatoms. The van der Waals surface area contributed by atoms with Gasteiger partial charge in [-0.05, 0) is 30.3 Å². The van der Waals surface area contributed by atoms with E-state index in [-0.39, 0.29) is 40.4 Å². The van der Waals surface area contributed by atoms with E-state index in [4.69, 9.17) is 32.4 Å². The second-order valence-corrected chi connectivity index (χ2v) is 7.50. The van der Waals surface area contributed by atoms with Crippen LogP contribution in [0.1, 0.15) is 5.56 Å². The number of phenols is 3. The zero-order chi connectivity index (χ0) is 22.3. The molecule has 0 atom stereocenters. The Morgan fingerprint density at radius 2 is 1.65 bits per heavy atom. The average Bonchev–Trinajstić information content (AvgIpc) is 2.72. The summed E-state index contributed by atoms with van der Waals surface area (Å²) in [5, 5.41) is 40.4. The highest BCUT2D eigenvalue weighted by atomic mass is 35.5. The predicted octanol–water partition coefficient (Wildman–Crippen LogP) is 5.17. The van der Waals surface area contributed by atoms with Crippen LogP contribution in [0.3, 0.4) is 0 Å². The number of halogens is 2. The molecule has 0 aliphatic rings. The van der Waals surface area contributed by atoms with Crippen molar-refractivity contribution in [3.8, 4) is 40.1 Å². The Morgan fingerprint density at radius 1 is 0.871 bits per heavy atom. The van der Waals surface area contributed by atoms with E-state index in [0.29, 0.717) is 15.6 Å². The van der Waals surface area contributed by atoms with Gasteiger partial charge in [0.05, 0.1) is 0 Å². The van der Waals surface area contributed by atoms with E-state index in [1.807, 2.05) is 0 Å². The van der Waals surface area contributed by atoms with E-state index in [0.717, 1.165) is 6.07 Å². The van der Waals surface area contributed by atoms with Crippen molar-refractivity contribution in [3.63, 3.8) is 0 Å². The molecule has 158 valence electrons. The lowest BCUT2D eigenvalue weighted by atomic mass is 10.1. The van der Waals surface area contributed by atoms with Gasteiger partial charge in [-0.25, -0.2) is 0 Å². The molecule has 3 aromatic carbocycles. The third-order valence-corrected chi connectivity index (χ3v) is 5.16. The van der Waals surface area contributed by atoms with Gasteiger partial charge in [-0.1, -0.05) is 29.3 Å². The van der Waals surface area contributed by atoms with Crippen molar-refractivity contribution >= 4 is 34.2 Å². The minimum absolute atomic E-state index is 0.0532. The fraction of sp³-hybridized carbons (Fsp3) is 0.0455. The number of hydrogen-bond donors (Lipinski definition) is 4. The summed E-state index contributed by atoms with van der Waals surface area (Å²) in [5.74, 6) is -2.09. The molecule has 31 heavy (non-hydrogen) atoms. The summed E-state index contributed by atoms with van der Waals surface area (Å²) in [6.07, 6.45) is 0. The van der Waals surface area contributed by atoms with Crippen LogP contribution >= 0.6 is 23.2 Å². The molecule has 0 saturated carbocycles. The van der Waals surface area contributed by atoms with Crippen molar-refractivity contribution in [1.82, 2.24) is 0 Å². The third-order valence-electron chi connectivity index (χ3n) is 4.57. The van der Waals surface area contributed by atoms with Crippen molar-refractivity contribution in [1.29, 1.82) is 0 Å². The van der Waals surface area contributed by atoms with Gasteiger partial charge in [0.15, 0.2) is 17.3 Å². The van der Waals surface area contributed by atoms with Crippen molar-refractivity contribution in [2.24, 2.45) is 0 Å². The molecule has 1 heterocycles. The highest BCUT2D eigenvalue weighted by Crippen LogP contribution is 2.38. The van der Waals surface area contributed by atoms with E-state index in [1.54, 1.807) is 18.2 Å². The molecule has 0 aliphatic heterocycles. The van der Waals surface area contributed by atoms with Gasteiger partial charge in [0.25, 0.3) is 0 Å². The molecule has 4 N–H and O–H groups in total. The molecular formula is C22H14Cl2O7. The second kappa shape index (κ2) is 7.94. The molecule has 0 unspecified atom stereocenters. The summed E-state index contributed by atoms with van der Waals surface area (Å²) in [6.45, 7) is 0.0575. The first-order chi connectivity index (χ1) is 14.7. The number of benzene rings is 3. The van der Waals surface area contributed by atoms with Crippen molar-refractivity contribution < 1.29 is 29.6 Å². The number of hydrogen-bond acceptors (Lipinski definition) is 7. The molecule has 0 radical (unpaired) electrons. The van der Waals surface area contributed by atoms with Gasteiger partial charge in [-0.3, -0.25) is 4.79 Å². The van der Waals surface area contributed by atoms with E-state index in [1.165, 1.54) is 24.3 Å². The van der Waals surface area contributed by atoms with Gasteiger partial charge in [0.2, 0.25) is 11.2 Å². The molecule has 0 spiro atoms. The standard InChI is InChI=1S/C22H14Cl2O7/c23-12-3-1-11(14(24)6-12)9-30-13-7-17(27)19-18(8-13)31-22(21(29)20(19)28)10-2-4-15(25)16(26)5-10/h1-8,25-27,29H,9H2. The Bertz CT molecular complexity index is 1380. The summed E-state index contributed by atoms with van der Waals surface area (Å²) in [7, 11) is 0. The fourth-order valence-electron chi connectivity index (χ4n) is 3.01. The maximum atomic E-state index is 12.6. The van der Waals surface area contributed by atoms with Gasteiger partial charge in [-0.15, -0.1) is 0 Å². The van der Waals surface area contributed by atoms with E-state index < -0.39 is 22.7 Å². The monoisotopic (exact) mass is 460 g/mol. The highest BCUT2D eigenvalue weighted by Gasteiger charge is 2.20. The van der Waals surface area contributed by atoms with Gasteiger partial charge >= 0.3 is 0 Å². The second-order valence-electron chi connectivity index (χ2n) is 6.65. The maximum Gasteiger partial charge on any atom is 0.238 e. The zero-order valence-corrected chi connectivity index (χ0v) is 17.1. The molecule has 0 aliphatic carbocycles. The average molecular weight is 461 g/mol. The molecule has 0 bridgehead atoms. The minimum Gasteiger partial charge on any atom is -0.507 e. The Hall–Kier alpha value is -3.55. The Kier molecular flexibility index (Phi) is 5.31. The lowest BCUT2D eigenvalue weighted by Gasteiger charge is -2.11. The summed E-state index contributed by atoms with van der Waals surface area (Å²) < 4.78 is 11.3. The summed E-state index contributed by atoms with van der Waals surface area (Å²) in [5.41, 5.74) is -0.125. The number of aromatic hydroxyl groups is 4. The van der Waals surface area contributed by atoms with Gasteiger partial charge < -0.3 is 29.6 Å². The normalized spacial score (nSPS) is 11.0. The topological polar surface area (TPSA) is 120 Å². The predicted molar refractivity (Wildman–Crippen MR) is 115 cm³/mol. The number of phenolic OH excluding ortho intramolecular Hbond substituents is 3. The fourth-order valence-corrected chi connectivity index (χ4v) is 3.47. The van der Waals surface area contributed by atoms with Crippen LogP contribution in [0.2, 0.25) is 10.0 Å². The molecule has 4 rings (SSSR count). The first-order valence-corrected chi connectivity index (χ1v) is 9.62. The van der Waals surface area contributed by atoms with Gasteiger partial charge in [0.1, 0.15) is 29.1 Å². The third kappa shape index (κ3) is 3.93. The quantitative estimate of drug-likeness (QED) is 0.310. The van der Waals surface area contributed by atoms with Crippen LogP contribution in [0.4, 0.5) is 0 Å². The number of rotatable bonds is 4. The Labute approximate surface area is 184 Å². The van der Waals surface area contributed by atoms with Crippen LogP contribution in [-0.4, -0.2) is 20.4 Å². The SMILES string of the molecule is O=c1c(O)c(-c2ccc(O)c(O)c2)oc2cc(OCc3ccc(Cl)cc3Cl)cc(O)c12. The van der Waals surface area contributed by atoms with Gasteiger partial charge in [0, 0.05) is 33.3 Å². The number of ether oxygens (including phenoxy) is 1. The summed E-state index contributed by atoms with van der Waals surface area (Å²) in [4.78, 5) is 12.6. The number of fused-ring (bicyclic) bond motifs is 1. The zero-order valence-electron chi connectivity index (χ0n) is 15.6. The molecule has 0 fully saturated rings. The largest absolute Gasteiger partial charge is 0.507 e. The van der Waals surface area contributed by atoms with Crippen LogP contribution in [-0.2, 0) is 6.61 Å². The van der Waals surface area contributed by atoms with E-state index >= 15 is 0 Å². The van der Waals surface area contributed by atoms with Crippen molar-refractivity contribution in [2.45, 2.75) is 6.61 Å². The van der Waals surface area contributed by atoms with Crippen LogP contribution in [0.25, 0.3) is 22.3 Å². The molecule has 4 aromatic rings. The smallest absolute Gasteiger partial charge is 0.238 e. The van der Waals surface area contributed by atoms with E-state index in [2.05, 4.69) is 0 Å². The first-order valence-electron chi connectivity index (χ1n) is 8.86. The summed E-state index contributed by atoms with van der Waals surface area (Å²) in [6, 6.07) is 11.2. The molecule has 0 amide bonds. The molecule has 7 nitrogen and oxygen atoms in total. The van der Waals surface area contributed by atoms with E-state index in [9.17, 15) is 25.2 Å². The maximum absolute atomic E-state index is 12.6. The molecular weight excluding hydrogens is 447 g/mol. The minimum atomic E-state index is -0.867. The van der Waals surface area contributed by atoms with Crippen LogP contribution in [0.5, 0.6) is 28.7 Å². The van der Waals surface area contributed by atoms with Crippen LogP contribution in [0.15, 0.2) is 57.7 Å². The van der Waals surface area contributed by atoms with Crippen LogP contribution < -0.4 is 10.2 Å². The Morgan fingerprint density at radius 3 is 2.35 bits per heavy atom.